The van der Waals surface area contributed by atoms with Crippen molar-refractivity contribution < 1.29 is 0 Å². The van der Waals surface area contributed by atoms with Crippen LogP contribution in [-0.2, 0) is 5.66 Å². The van der Waals surface area contributed by atoms with E-state index in [9.17, 15) is 0 Å². The third-order valence-corrected chi connectivity index (χ3v) is 5.73. The maximum absolute atomic E-state index is 5.59. The third kappa shape index (κ3) is 3.61. The molecule has 3 N–H and O–H groups in total. The van der Waals surface area contributed by atoms with Crippen molar-refractivity contribution in [1.29, 1.82) is 0 Å². The second-order valence-corrected chi connectivity index (χ2v) is 8.58. The zero-order valence-electron chi connectivity index (χ0n) is 18.0. The van der Waals surface area contributed by atoms with E-state index in [0.717, 1.165) is 39.5 Å². The molecule has 1 aliphatic rings. The molecule has 0 radical (unpaired) electrons. The molecule has 0 unspecified atom stereocenters. The Labute approximate surface area is 193 Å². The van der Waals surface area contributed by atoms with Crippen LogP contribution >= 0.6 is 12.2 Å². The minimum absolute atomic E-state index is 0.453. The number of para-hydroxylation sites is 2. The molecule has 3 aromatic carbocycles. The number of nitrogens with one attached hydrogen (secondary N) is 3. The molecule has 1 aromatic heterocycles. The predicted molar refractivity (Wildman–Crippen MR) is 135 cm³/mol. The van der Waals surface area contributed by atoms with Gasteiger partial charge < -0.3 is 15.6 Å². The number of hydrogen-bond donors (Lipinski definition) is 3. The van der Waals surface area contributed by atoms with E-state index < -0.39 is 5.66 Å². The van der Waals surface area contributed by atoms with Crippen LogP contribution in [0, 0.1) is 4.77 Å². The largest absolute Gasteiger partial charge is 0.354 e. The van der Waals surface area contributed by atoms with Gasteiger partial charge >= 0.3 is 0 Å². The Hall–Kier alpha value is -3.70. The van der Waals surface area contributed by atoms with Crippen molar-refractivity contribution in [2.75, 3.05) is 10.6 Å². The standard InChI is InChI=1S/C27H24N4S/c1-18(2)17-27(30-21-15-9-10-16-22(21)31-27)23-24(19-11-5-3-6-12-19)28-26(32)29-25(23)20-13-7-4-8-14-20/h3-17,30-31H,1-2H3,(H,28,29,32). The number of anilines is 2. The Morgan fingerprint density at radius 1 is 0.781 bits per heavy atom. The van der Waals surface area contributed by atoms with Crippen LogP contribution in [0.15, 0.2) is 96.6 Å². The molecule has 4 nitrogen and oxygen atoms in total. The second-order valence-electron chi connectivity index (χ2n) is 8.20. The van der Waals surface area contributed by atoms with Crippen LogP contribution in [0.4, 0.5) is 11.4 Å². The van der Waals surface area contributed by atoms with E-state index in [4.69, 9.17) is 17.2 Å². The number of hydrogen-bond acceptors (Lipinski definition) is 4. The van der Waals surface area contributed by atoms with E-state index in [0.29, 0.717) is 4.77 Å². The smallest absolute Gasteiger partial charge is 0.197 e. The molecular weight excluding hydrogens is 412 g/mol. The summed E-state index contributed by atoms with van der Waals surface area (Å²) < 4.78 is 0.453. The highest BCUT2D eigenvalue weighted by atomic mass is 32.1. The maximum atomic E-state index is 5.59. The predicted octanol–water partition coefficient (Wildman–Crippen LogP) is 7.13. The van der Waals surface area contributed by atoms with Crippen LogP contribution < -0.4 is 10.6 Å². The lowest BCUT2D eigenvalue weighted by molar-refractivity contribution is 0.722. The summed E-state index contributed by atoms with van der Waals surface area (Å²) in [6, 6.07) is 28.8. The summed E-state index contributed by atoms with van der Waals surface area (Å²) in [7, 11) is 0. The van der Waals surface area contributed by atoms with Gasteiger partial charge in [-0.25, -0.2) is 4.98 Å². The fourth-order valence-corrected chi connectivity index (χ4v) is 4.54. The molecule has 1 aliphatic heterocycles. The molecule has 158 valence electrons. The van der Waals surface area contributed by atoms with Gasteiger partial charge in [0.1, 0.15) is 0 Å². The van der Waals surface area contributed by atoms with Gasteiger partial charge in [0.15, 0.2) is 10.4 Å². The number of H-pyrrole nitrogens is 1. The van der Waals surface area contributed by atoms with E-state index in [-0.39, 0.29) is 0 Å². The normalized spacial score (nSPS) is 13.6. The lowest BCUT2D eigenvalue weighted by Crippen LogP contribution is -2.38. The van der Waals surface area contributed by atoms with Gasteiger partial charge in [0.05, 0.1) is 28.3 Å². The highest BCUT2D eigenvalue weighted by Gasteiger charge is 2.41. The Balaban J connectivity index is 1.87. The Morgan fingerprint density at radius 3 is 1.88 bits per heavy atom. The van der Waals surface area contributed by atoms with Crippen molar-refractivity contribution in [3.63, 3.8) is 0 Å². The van der Waals surface area contributed by atoms with Gasteiger partial charge in [0.2, 0.25) is 0 Å². The van der Waals surface area contributed by atoms with E-state index >= 15 is 0 Å². The average molecular weight is 437 g/mol. The van der Waals surface area contributed by atoms with Crippen LogP contribution in [0.25, 0.3) is 22.5 Å². The molecule has 0 fully saturated rings. The van der Waals surface area contributed by atoms with E-state index in [1.54, 1.807) is 0 Å². The molecule has 5 rings (SSSR count). The van der Waals surface area contributed by atoms with Crippen molar-refractivity contribution in [3.05, 3.63) is 107 Å². The molecule has 0 atom stereocenters. The summed E-state index contributed by atoms with van der Waals surface area (Å²) in [5.41, 5.74) is 7.42. The van der Waals surface area contributed by atoms with E-state index in [2.05, 4.69) is 71.9 Å². The van der Waals surface area contributed by atoms with Gasteiger partial charge in [-0.15, -0.1) is 0 Å². The zero-order chi connectivity index (χ0) is 22.1. The van der Waals surface area contributed by atoms with Crippen molar-refractivity contribution in [1.82, 2.24) is 9.97 Å². The summed E-state index contributed by atoms with van der Waals surface area (Å²) in [5, 5.41) is 7.51. The molecule has 0 bridgehead atoms. The first-order valence-corrected chi connectivity index (χ1v) is 11.0. The van der Waals surface area contributed by atoms with Gasteiger partial charge in [-0.1, -0.05) is 78.4 Å². The Bertz CT molecular complexity index is 1260. The number of fused-ring (bicyclic) bond motifs is 1. The van der Waals surface area contributed by atoms with Crippen molar-refractivity contribution >= 4 is 23.6 Å². The molecule has 4 aromatic rings. The monoisotopic (exact) mass is 436 g/mol. The number of allylic oxidation sites excluding steroid dienone is 1. The number of rotatable bonds is 4. The molecule has 0 aliphatic carbocycles. The van der Waals surface area contributed by atoms with Gasteiger partial charge in [-0.2, -0.15) is 0 Å². The molecule has 0 amide bonds. The van der Waals surface area contributed by atoms with Gasteiger partial charge in [0.25, 0.3) is 0 Å². The quantitative estimate of drug-likeness (QED) is 0.235. The summed E-state index contributed by atoms with van der Waals surface area (Å²) in [6.45, 7) is 4.22. The number of aromatic amines is 1. The van der Waals surface area contributed by atoms with Crippen LogP contribution in [0.5, 0.6) is 0 Å². The molecule has 32 heavy (non-hydrogen) atoms. The summed E-state index contributed by atoms with van der Waals surface area (Å²) >= 11 is 5.59. The lowest BCUT2D eigenvalue weighted by Gasteiger charge is -2.32. The van der Waals surface area contributed by atoms with Gasteiger partial charge in [0, 0.05) is 5.56 Å². The molecule has 5 heteroatoms. The molecule has 2 heterocycles. The first-order valence-electron chi connectivity index (χ1n) is 10.6. The summed E-state index contributed by atoms with van der Waals surface area (Å²) in [4.78, 5) is 8.24. The minimum atomic E-state index is -0.703. The van der Waals surface area contributed by atoms with Crippen molar-refractivity contribution in [2.45, 2.75) is 19.5 Å². The average Bonchev–Trinajstić information content (AvgIpc) is 3.17. The molecule has 0 spiro atoms. The summed E-state index contributed by atoms with van der Waals surface area (Å²) in [6.07, 6.45) is 2.22. The number of nitrogens with zero attached hydrogens (tertiary/aromatic N) is 1. The van der Waals surface area contributed by atoms with Crippen LogP contribution in [-0.4, -0.2) is 9.97 Å². The second kappa shape index (κ2) is 8.09. The van der Waals surface area contributed by atoms with Gasteiger partial charge in [-0.05, 0) is 49.8 Å². The van der Waals surface area contributed by atoms with Crippen molar-refractivity contribution in [3.8, 4) is 22.5 Å². The number of benzene rings is 3. The Morgan fingerprint density at radius 2 is 1.31 bits per heavy atom. The first-order chi connectivity index (χ1) is 15.6. The van der Waals surface area contributed by atoms with E-state index in [1.807, 2.05) is 48.5 Å². The molecule has 0 saturated carbocycles. The SMILES string of the molecule is CC(C)=CC1(c2c(-c3ccccc3)nc(=S)[nH]c2-c2ccccc2)Nc2ccccc2N1. The fraction of sp³-hybridized carbons (Fsp3) is 0.111. The lowest BCUT2D eigenvalue weighted by atomic mass is 9.89. The third-order valence-electron chi connectivity index (χ3n) is 5.53. The molecular formula is C27H24N4S. The summed E-state index contributed by atoms with van der Waals surface area (Å²) in [5.74, 6) is 0. The maximum Gasteiger partial charge on any atom is 0.197 e. The van der Waals surface area contributed by atoms with Crippen LogP contribution in [0.1, 0.15) is 19.4 Å². The minimum Gasteiger partial charge on any atom is -0.354 e. The van der Waals surface area contributed by atoms with Crippen LogP contribution in [0.3, 0.4) is 0 Å². The van der Waals surface area contributed by atoms with E-state index in [1.165, 1.54) is 5.57 Å². The highest BCUT2D eigenvalue weighted by Crippen LogP contribution is 2.46. The molecule has 0 saturated heterocycles. The van der Waals surface area contributed by atoms with Crippen molar-refractivity contribution in [2.24, 2.45) is 0 Å². The highest BCUT2D eigenvalue weighted by molar-refractivity contribution is 7.71. The first kappa shape index (κ1) is 20.2. The fourth-order valence-electron chi connectivity index (χ4n) is 4.34. The number of aromatic nitrogens is 2. The van der Waals surface area contributed by atoms with Gasteiger partial charge in [-0.3, -0.25) is 0 Å². The topological polar surface area (TPSA) is 52.7 Å². The zero-order valence-corrected chi connectivity index (χ0v) is 18.8. The Kier molecular flexibility index (Phi) is 5.11. The van der Waals surface area contributed by atoms with Crippen LogP contribution in [0.2, 0.25) is 0 Å².